The number of rotatable bonds is 3. The summed E-state index contributed by atoms with van der Waals surface area (Å²) < 4.78 is 4.96. The Balaban J connectivity index is 2.13. The maximum atomic E-state index is 11.7. The number of aromatic nitrogens is 1. The second kappa shape index (κ2) is 5.51. The normalized spacial score (nSPS) is 13.6. The van der Waals surface area contributed by atoms with Crippen molar-refractivity contribution in [2.24, 2.45) is 0 Å². The summed E-state index contributed by atoms with van der Waals surface area (Å²) in [6.07, 6.45) is 3.01. The van der Waals surface area contributed by atoms with Gasteiger partial charge in [-0.3, -0.25) is 4.98 Å². The van der Waals surface area contributed by atoms with Crippen LogP contribution >= 0.6 is 0 Å². The average molecular weight is 262 g/mol. The molecule has 1 aliphatic rings. The van der Waals surface area contributed by atoms with Gasteiger partial charge in [0.15, 0.2) is 0 Å². The lowest BCUT2D eigenvalue weighted by atomic mass is 10.0. The molecule has 1 aliphatic heterocycles. The lowest BCUT2D eigenvalue weighted by molar-refractivity contribution is 0.0696. The fourth-order valence-electron chi connectivity index (χ4n) is 1.92. The summed E-state index contributed by atoms with van der Waals surface area (Å²) in [7, 11) is 0. The fourth-order valence-corrected chi connectivity index (χ4v) is 1.92. The molecule has 0 spiro atoms. The Labute approximate surface area is 110 Å². The molecule has 6 nitrogen and oxygen atoms in total. The summed E-state index contributed by atoms with van der Waals surface area (Å²) in [5, 5.41) is 8.92. The van der Waals surface area contributed by atoms with Gasteiger partial charge in [0.25, 0.3) is 0 Å². The largest absolute Gasteiger partial charge is 0.478 e. The lowest BCUT2D eigenvalue weighted by Gasteiger charge is -2.27. The minimum atomic E-state index is -1.03. The van der Waals surface area contributed by atoms with Crippen LogP contribution in [-0.4, -0.2) is 40.2 Å². The Bertz CT molecular complexity index is 527. The number of nitrogens with zero attached hydrogens (tertiary/aromatic N) is 2. The monoisotopic (exact) mass is 262 g/mol. The third kappa shape index (κ3) is 2.90. The van der Waals surface area contributed by atoms with E-state index in [9.17, 15) is 9.59 Å². The topological polar surface area (TPSA) is 79.7 Å². The van der Waals surface area contributed by atoms with Crippen molar-refractivity contribution >= 4 is 12.1 Å². The van der Waals surface area contributed by atoms with Gasteiger partial charge in [0.05, 0.1) is 12.1 Å². The molecule has 6 heteroatoms. The van der Waals surface area contributed by atoms with Crippen molar-refractivity contribution in [2.75, 3.05) is 13.2 Å². The van der Waals surface area contributed by atoms with Crippen molar-refractivity contribution in [3.63, 3.8) is 0 Å². The Morgan fingerprint density at radius 1 is 1.58 bits per heavy atom. The number of carbonyl (C=O) groups excluding carboxylic acids is 1. The summed E-state index contributed by atoms with van der Waals surface area (Å²) in [6.45, 7) is 4.47. The number of fused-ring (bicyclic) bond motifs is 1. The van der Waals surface area contributed by atoms with Gasteiger partial charge in [-0.25, -0.2) is 9.59 Å². The van der Waals surface area contributed by atoms with E-state index in [1.165, 1.54) is 17.2 Å². The van der Waals surface area contributed by atoms with E-state index in [4.69, 9.17) is 9.84 Å². The van der Waals surface area contributed by atoms with Crippen LogP contribution in [0.1, 0.15) is 21.6 Å². The van der Waals surface area contributed by atoms with E-state index in [0.717, 1.165) is 11.3 Å². The fraction of sp³-hybridized carbons (Fsp3) is 0.308. The molecule has 0 atom stereocenters. The minimum absolute atomic E-state index is 0.125. The first-order chi connectivity index (χ1) is 9.11. The number of hydrogen-bond donors (Lipinski definition) is 1. The van der Waals surface area contributed by atoms with Crippen LogP contribution in [0.4, 0.5) is 4.79 Å². The smallest absolute Gasteiger partial charge is 0.410 e. The second-order valence-electron chi connectivity index (χ2n) is 4.17. The Morgan fingerprint density at radius 2 is 2.37 bits per heavy atom. The molecule has 1 aromatic rings. The first kappa shape index (κ1) is 13.1. The van der Waals surface area contributed by atoms with E-state index in [0.29, 0.717) is 19.5 Å². The summed E-state index contributed by atoms with van der Waals surface area (Å²) in [4.78, 5) is 28.2. The first-order valence-electron chi connectivity index (χ1n) is 5.85. The Morgan fingerprint density at radius 3 is 3.05 bits per heavy atom. The van der Waals surface area contributed by atoms with Crippen molar-refractivity contribution in [2.45, 2.75) is 13.0 Å². The van der Waals surface area contributed by atoms with E-state index < -0.39 is 12.1 Å². The molecule has 0 radical (unpaired) electrons. The molecule has 0 saturated heterocycles. The SMILES string of the molecule is C=CCOC(=O)N1CCc2ncc(C(=O)O)cc2C1. The zero-order chi connectivity index (χ0) is 13.8. The number of pyridine rings is 1. The predicted octanol–water partition coefficient (Wildman–Crippen LogP) is 1.46. The zero-order valence-electron chi connectivity index (χ0n) is 10.3. The molecule has 0 bridgehead atoms. The molecule has 0 fully saturated rings. The van der Waals surface area contributed by atoms with Gasteiger partial charge in [-0.1, -0.05) is 12.7 Å². The third-order valence-electron chi connectivity index (χ3n) is 2.87. The molecule has 1 aromatic heterocycles. The van der Waals surface area contributed by atoms with Gasteiger partial charge >= 0.3 is 12.1 Å². The van der Waals surface area contributed by atoms with Gasteiger partial charge in [-0.2, -0.15) is 0 Å². The van der Waals surface area contributed by atoms with Crippen LogP contribution in [-0.2, 0) is 17.7 Å². The van der Waals surface area contributed by atoms with Crippen LogP contribution in [0.5, 0.6) is 0 Å². The van der Waals surface area contributed by atoms with E-state index in [-0.39, 0.29) is 12.2 Å². The summed E-state index contributed by atoms with van der Waals surface area (Å²) in [6, 6.07) is 1.55. The van der Waals surface area contributed by atoms with Crippen LogP contribution in [0.3, 0.4) is 0 Å². The van der Waals surface area contributed by atoms with Gasteiger partial charge in [0, 0.05) is 24.9 Å². The van der Waals surface area contributed by atoms with Gasteiger partial charge in [-0.05, 0) is 11.6 Å². The van der Waals surface area contributed by atoms with E-state index in [1.807, 2.05) is 0 Å². The highest BCUT2D eigenvalue weighted by Crippen LogP contribution is 2.18. The minimum Gasteiger partial charge on any atom is -0.478 e. The Kier molecular flexibility index (Phi) is 3.79. The molecule has 2 rings (SSSR count). The van der Waals surface area contributed by atoms with Crippen molar-refractivity contribution in [3.8, 4) is 0 Å². The molecule has 0 aromatic carbocycles. The number of carboxylic acids is 1. The first-order valence-corrected chi connectivity index (χ1v) is 5.85. The van der Waals surface area contributed by atoms with Crippen molar-refractivity contribution in [1.29, 1.82) is 0 Å². The lowest BCUT2D eigenvalue weighted by Crippen LogP contribution is -2.36. The van der Waals surface area contributed by atoms with Gasteiger partial charge in [-0.15, -0.1) is 0 Å². The number of carboxylic acid groups (broad SMARTS) is 1. The third-order valence-corrected chi connectivity index (χ3v) is 2.87. The number of ether oxygens (including phenoxy) is 1. The Hall–Kier alpha value is -2.37. The average Bonchev–Trinajstić information content (AvgIpc) is 2.43. The molecule has 1 amide bonds. The molecule has 0 unspecified atom stereocenters. The van der Waals surface area contributed by atoms with Gasteiger partial charge in [0.2, 0.25) is 0 Å². The van der Waals surface area contributed by atoms with Crippen LogP contribution in [0, 0.1) is 0 Å². The maximum absolute atomic E-state index is 11.7. The highest BCUT2D eigenvalue weighted by Gasteiger charge is 2.23. The van der Waals surface area contributed by atoms with Crippen molar-refractivity contribution < 1.29 is 19.4 Å². The molecule has 2 heterocycles. The molecular formula is C13H14N2O4. The van der Waals surface area contributed by atoms with Gasteiger partial charge in [0.1, 0.15) is 6.61 Å². The molecular weight excluding hydrogens is 248 g/mol. The van der Waals surface area contributed by atoms with E-state index in [1.54, 1.807) is 6.07 Å². The summed E-state index contributed by atoms with van der Waals surface area (Å²) in [5.74, 6) is -1.03. The van der Waals surface area contributed by atoms with Gasteiger partial charge < -0.3 is 14.7 Å². The molecule has 0 saturated carbocycles. The zero-order valence-corrected chi connectivity index (χ0v) is 10.3. The quantitative estimate of drug-likeness (QED) is 0.834. The summed E-state index contributed by atoms with van der Waals surface area (Å²) >= 11 is 0. The standard InChI is InChI=1S/C13H14N2O4/c1-2-5-19-13(18)15-4-3-11-10(8-15)6-9(7-14-11)12(16)17/h2,6-7H,1,3-5,8H2,(H,16,17). The number of hydrogen-bond acceptors (Lipinski definition) is 4. The van der Waals surface area contributed by atoms with Crippen LogP contribution in [0.15, 0.2) is 24.9 Å². The highest BCUT2D eigenvalue weighted by atomic mass is 16.6. The van der Waals surface area contributed by atoms with Crippen LogP contribution in [0.25, 0.3) is 0 Å². The van der Waals surface area contributed by atoms with Crippen LogP contribution < -0.4 is 0 Å². The summed E-state index contributed by atoms with van der Waals surface area (Å²) in [5.41, 5.74) is 1.71. The molecule has 100 valence electrons. The van der Waals surface area contributed by atoms with Crippen LogP contribution in [0.2, 0.25) is 0 Å². The highest BCUT2D eigenvalue weighted by molar-refractivity contribution is 5.87. The molecule has 1 N–H and O–H groups in total. The molecule has 0 aliphatic carbocycles. The van der Waals surface area contributed by atoms with E-state index in [2.05, 4.69) is 11.6 Å². The number of amides is 1. The number of carbonyl (C=O) groups is 2. The van der Waals surface area contributed by atoms with E-state index >= 15 is 0 Å². The van der Waals surface area contributed by atoms with Crippen molar-refractivity contribution in [1.82, 2.24) is 9.88 Å². The number of aromatic carboxylic acids is 1. The van der Waals surface area contributed by atoms with Crippen molar-refractivity contribution in [3.05, 3.63) is 41.7 Å². The second-order valence-corrected chi connectivity index (χ2v) is 4.17. The molecule has 19 heavy (non-hydrogen) atoms. The maximum Gasteiger partial charge on any atom is 0.410 e. The predicted molar refractivity (Wildman–Crippen MR) is 66.9 cm³/mol.